The van der Waals surface area contributed by atoms with Crippen LogP contribution in [-0.2, 0) is 4.74 Å². The van der Waals surface area contributed by atoms with Crippen molar-refractivity contribution in [1.82, 2.24) is 0 Å². The zero-order chi connectivity index (χ0) is 25.2. The maximum atomic E-state index is 6.43. The van der Waals surface area contributed by atoms with Crippen LogP contribution in [0.5, 0.6) is 0 Å². The van der Waals surface area contributed by atoms with Gasteiger partial charge in [-0.15, -0.1) is 0 Å². The van der Waals surface area contributed by atoms with E-state index in [1.54, 1.807) is 11.1 Å². The van der Waals surface area contributed by atoms with Crippen molar-refractivity contribution >= 4 is 0 Å². The molecule has 3 atom stereocenters. The normalized spacial score (nSPS) is 20.3. The van der Waals surface area contributed by atoms with E-state index in [4.69, 9.17) is 4.74 Å². The molecule has 1 nitrogen and oxygen atoms in total. The molecule has 196 valence electrons. The van der Waals surface area contributed by atoms with Crippen molar-refractivity contribution in [2.45, 2.75) is 138 Å². The fourth-order valence-corrected chi connectivity index (χ4v) is 4.79. The molecule has 1 aliphatic rings. The minimum atomic E-state index is 0.293. The first-order chi connectivity index (χ1) is 16.4. The quantitative estimate of drug-likeness (QED) is 0.104. The summed E-state index contributed by atoms with van der Waals surface area (Å²) in [5, 5.41) is 0. The molecule has 0 fully saturated rings. The summed E-state index contributed by atoms with van der Waals surface area (Å²) in [6, 6.07) is 0. The Balaban J connectivity index is 2.34. The lowest BCUT2D eigenvalue weighted by atomic mass is 9.83. The molecule has 0 N–H and O–H groups in total. The Bertz CT molecular complexity index is 647. The van der Waals surface area contributed by atoms with Crippen molar-refractivity contribution in [2.24, 2.45) is 11.8 Å². The van der Waals surface area contributed by atoms with Crippen LogP contribution >= 0.6 is 0 Å². The molecule has 1 rings (SSSR count). The molecule has 3 unspecified atom stereocenters. The monoisotopic (exact) mass is 469 g/mol. The van der Waals surface area contributed by atoms with Gasteiger partial charge in [-0.3, -0.25) is 0 Å². The van der Waals surface area contributed by atoms with Crippen LogP contribution in [-0.4, -0.2) is 12.7 Å². The summed E-state index contributed by atoms with van der Waals surface area (Å²) in [5.41, 5.74) is 6.10. The van der Waals surface area contributed by atoms with E-state index in [1.807, 2.05) is 0 Å². The number of unbranched alkanes of at least 4 members (excludes halogenated alkanes) is 5. The van der Waals surface area contributed by atoms with Gasteiger partial charge in [0, 0.05) is 12.5 Å². The minimum Gasteiger partial charge on any atom is -0.373 e. The molecule has 0 heterocycles. The van der Waals surface area contributed by atoms with Gasteiger partial charge < -0.3 is 11.2 Å². The van der Waals surface area contributed by atoms with E-state index >= 15 is 0 Å². The van der Waals surface area contributed by atoms with Crippen LogP contribution in [0.2, 0.25) is 0 Å². The van der Waals surface area contributed by atoms with Gasteiger partial charge in [0.15, 0.2) is 0 Å². The average molecular weight is 470 g/mol. The van der Waals surface area contributed by atoms with E-state index in [0.29, 0.717) is 12.0 Å². The Morgan fingerprint density at radius 1 is 1.00 bits per heavy atom. The predicted molar refractivity (Wildman–Crippen MR) is 153 cm³/mol. The Morgan fingerprint density at radius 3 is 2.47 bits per heavy atom. The van der Waals surface area contributed by atoms with Gasteiger partial charge in [-0.2, -0.15) is 13.3 Å². The fraction of sp³-hybridized carbons (Fsp3) is 0.727. The van der Waals surface area contributed by atoms with E-state index in [0.717, 1.165) is 12.5 Å². The lowest BCUT2D eigenvalue weighted by Crippen LogP contribution is -2.28. The maximum absolute atomic E-state index is 6.43. The largest absolute Gasteiger partial charge is 0.373 e. The maximum Gasteiger partial charge on any atom is 0.0850 e. The molecule has 0 aliphatic heterocycles. The zero-order valence-corrected chi connectivity index (χ0v) is 23.9. The van der Waals surface area contributed by atoms with Gasteiger partial charge >= 0.3 is 0 Å². The van der Waals surface area contributed by atoms with Gasteiger partial charge in [0.2, 0.25) is 0 Å². The second kappa shape index (κ2) is 19.1. The number of hydrogen-bond donors (Lipinski definition) is 0. The summed E-state index contributed by atoms with van der Waals surface area (Å²) >= 11 is 0. The number of rotatable bonds is 19. The van der Waals surface area contributed by atoms with Crippen LogP contribution in [0.4, 0.5) is 0 Å². The smallest absolute Gasteiger partial charge is 0.0850 e. The molecular weight excluding hydrogens is 412 g/mol. The Labute approximate surface area is 214 Å². The lowest BCUT2D eigenvalue weighted by molar-refractivity contribution is 0.0453. The van der Waals surface area contributed by atoms with Crippen molar-refractivity contribution < 1.29 is 4.74 Å². The topological polar surface area (TPSA) is 9.23 Å². The molecule has 0 aromatic rings. The second-order valence-electron chi connectivity index (χ2n) is 11.0. The molecule has 0 amide bonds. The average Bonchev–Trinajstić information content (AvgIpc) is 2.81. The molecule has 0 bridgehead atoms. The highest BCUT2D eigenvalue weighted by atomic mass is 16.5. The van der Waals surface area contributed by atoms with Gasteiger partial charge in [0.05, 0.1) is 6.10 Å². The number of hydrogen-bond acceptors (Lipinski definition) is 1. The summed E-state index contributed by atoms with van der Waals surface area (Å²) in [7, 11) is 0. The van der Waals surface area contributed by atoms with Gasteiger partial charge in [0.1, 0.15) is 0 Å². The third kappa shape index (κ3) is 13.7. The highest BCUT2D eigenvalue weighted by Crippen LogP contribution is 2.32. The molecule has 34 heavy (non-hydrogen) atoms. The first-order valence-electron chi connectivity index (χ1n) is 14.5. The predicted octanol–water partition coefficient (Wildman–Crippen LogP) is 10.7. The summed E-state index contributed by atoms with van der Waals surface area (Å²) in [6.07, 6.45) is 28.4. The lowest BCUT2D eigenvalue weighted by Gasteiger charge is -2.31. The van der Waals surface area contributed by atoms with Gasteiger partial charge in [-0.25, -0.2) is 0 Å². The zero-order valence-electron chi connectivity index (χ0n) is 23.9. The molecule has 0 spiro atoms. The first-order valence-corrected chi connectivity index (χ1v) is 14.5. The Hall–Kier alpha value is -1.08. The standard InChI is InChI=1S/C33H57O/c1-8-10-12-14-26-34-33-31(7)30(6)23-25-32(33)24-22-29(5)21-16-20-28(4)19-15-18-27(3)17-13-11-9-2/h9,17,19,23,25,29,31,33H,8,10-16,18,20-22,24,26H2,1-7H3/q-1/b27-17+,28-19+. The van der Waals surface area contributed by atoms with Crippen LogP contribution in [0.25, 0.3) is 0 Å². The SMILES string of the molecule is C[CH-]CC/C=C(\C)CC/C=C(\C)CCCC(C)CCC1=CC=C(C)C(C)C1OCCCCCC. The van der Waals surface area contributed by atoms with Crippen LogP contribution in [0.15, 0.2) is 46.6 Å². The minimum absolute atomic E-state index is 0.293. The van der Waals surface area contributed by atoms with E-state index in [2.05, 4.69) is 79.2 Å². The third-order valence-corrected chi connectivity index (χ3v) is 7.57. The van der Waals surface area contributed by atoms with Crippen molar-refractivity contribution in [2.75, 3.05) is 6.61 Å². The molecule has 1 aliphatic carbocycles. The second-order valence-corrected chi connectivity index (χ2v) is 11.0. The number of allylic oxidation sites excluding steroid dienone is 6. The highest BCUT2D eigenvalue weighted by molar-refractivity contribution is 5.29. The van der Waals surface area contributed by atoms with Crippen LogP contribution in [0.1, 0.15) is 132 Å². The van der Waals surface area contributed by atoms with Crippen molar-refractivity contribution in [1.29, 1.82) is 0 Å². The fourth-order valence-electron chi connectivity index (χ4n) is 4.79. The van der Waals surface area contributed by atoms with Crippen LogP contribution in [0, 0.1) is 18.3 Å². The summed E-state index contributed by atoms with van der Waals surface area (Å²) in [4.78, 5) is 0. The molecule has 0 saturated carbocycles. The molecule has 0 radical (unpaired) electrons. The van der Waals surface area contributed by atoms with Gasteiger partial charge in [-0.1, -0.05) is 93.9 Å². The van der Waals surface area contributed by atoms with Crippen molar-refractivity contribution in [3.63, 3.8) is 0 Å². The Morgan fingerprint density at radius 2 is 1.74 bits per heavy atom. The van der Waals surface area contributed by atoms with E-state index in [9.17, 15) is 0 Å². The number of ether oxygens (including phenoxy) is 1. The van der Waals surface area contributed by atoms with Gasteiger partial charge in [0.25, 0.3) is 0 Å². The highest BCUT2D eigenvalue weighted by Gasteiger charge is 2.26. The van der Waals surface area contributed by atoms with E-state index in [1.165, 1.54) is 94.6 Å². The Kier molecular flexibility index (Phi) is 17.4. The molecular formula is C33H57O-. The molecule has 0 aromatic heterocycles. The molecule has 0 aromatic carbocycles. The van der Waals surface area contributed by atoms with Gasteiger partial charge in [-0.05, 0) is 77.2 Å². The molecule has 0 saturated heterocycles. The van der Waals surface area contributed by atoms with Crippen LogP contribution in [0.3, 0.4) is 0 Å². The summed E-state index contributed by atoms with van der Waals surface area (Å²) in [5.74, 6) is 1.29. The van der Waals surface area contributed by atoms with Crippen molar-refractivity contribution in [3.05, 3.63) is 53.0 Å². The van der Waals surface area contributed by atoms with E-state index in [-0.39, 0.29) is 0 Å². The van der Waals surface area contributed by atoms with E-state index < -0.39 is 0 Å². The molecule has 1 heteroatoms. The van der Waals surface area contributed by atoms with Crippen LogP contribution < -0.4 is 0 Å². The third-order valence-electron chi connectivity index (χ3n) is 7.57. The first kappa shape index (κ1) is 31.0. The summed E-state index contributed by atoms with van der Waals surface area (Å²) in [6.45, 7) is 17.0. The van der Waals surface area contributed by atoms with Crippen molar-refractivity contribution in [3.8, 4) is 0 Å². The summed E-state index contributed by atoms with van der Waals surface area (Å²) < 4.78 is 6.43.